The minimum Gasteiger partial charge on any atom is -0.325 e. The Balaban J connectivity index is 1.64. The lowest BCUT2D eigenvalue weighted by Gasteiger charge is -2.48. The van der Waals surface area contributed by atoms with Crippen LogP contribution in [0.3, 0.4) is 0 Å². The molecule has 2 unspecified atom stereocenters. The number of amides is 2. The highest BCUT2D eigenvalue weighted by Gasteiger charge is 2.36. The number of nitrogens with zero attached hydrogens (tertiary/aromatic N) is 3. The van der Waals surface area contributed by atoms with Crippen LogP contribution in [0.5, 0.6) is 0 Å². The molecule has 0 aromatic heterocycles. The largest absolute Gasteiger partial charge is 0.325 e. The summed E-state index contributed by atoms with van der Waals surface area (Å²) < 4.78 is 0. The Kier molecular flexibility index (Phi) is 3.96. The molecule has 3 heterocycles. The summed E-state index contributed by atoms with van der Waals surface area (Å²) in [7, 11) is 0. The minimum atomic E-state index is 0.303. The van der Waals surface area contributed by atoms with E-state index in [-0.39, 0.29) is 0 Å². The van der Waals surface area contributed by atoms with Gasteiger partial charge in [0.2, 0.25) is 0 Å². The van der Waals surface area contributed by atoms with Crippen LogP contribution < -0.4 is 0 Å². The highest BCUT2D eigenvalue weighted by Crippen LogP contribution is 2.25. The first-order valence-electron chi connectivity index (χ1n) is 8.05. The molecule has 3 fully saturated rings. The van der Waals surface area contributed by atoms with Crippen molar-refractivity contribution in [2.75, 3.05) is 32.7 Å². The van der Waals surface area contributed by atoms with Crippen LogP contribution in [0.25, 0.3) is 0 Å². The van der Waals surface area contributed by atoms with Gasteiger partial charge in [0, 0.05) is 38.3 Å². The number of urea groups is 1. The lowest BCUT2D eigenvalue weighted by molar-refractivity contribution is 0.0232. The summed E-state index contributed by atoms with van der Waals surface area (Å²) in [6.07, 6.45) is 7.60. The Morgan fingerprint density at radius 3 is 2.47 bits per heavy atom. The average Bonchev–Trinajstić information content (AvgIpc) is 2.47. The van der Waals surface area contributed by atoms with Gasteiger partial charge >= 0.3 is 6.03 Å². The summed E-state index contributed by atoms with van der Waals surface area (Å²) in [6.45, 7) is 7.42. The lowest BCUT2D eigenvalue weighted by atomic mass is 9.97. The Morgan fingerprint density at radius 2 is 1.68 bits per heavy atom. The van der Waals surface area contributed by atoms with E-state index in [1.54, 1.807) is 0 Å². The van der Waals surface area contributed by atoms with Crippen LogP contribution in [0, 0.1) is 0 Å². The quantitative estimate of drug-likeness (QED) is 0.671. The third kappa shape index (κ3) is 2.73. The first kappa shape index (κ1) is 13.2. The lowest BCUT2D eigenvalue weighted by Crippen LogP contribution is -2.62. The maximum atomic E-state index is 12.7. The van der Waals surface area contributed by atoms with Crippen molar-refractivity contribution in [3.8, 4) is 0 Å². The molecule has 0 aliphatic carbocycles. The molecule has 3 rings (SSSR count). The topological polar surface area (TPSA) is 26.8 Å². The van der Waals surface area contributed by atoms with E-state index in [2.05, 4.69) is 21.6 Å². The highest BCUT2D eigenvalue weighted by atomic mass is 16.2. The van der Waals surface area contributed by atoms with Crippen molar-refractivity contribution in [1.29, 1.82) is 0 Å². The number of hydrogen-bond donors (Lipinski definition) is 0. The van der Waals surface area contributed by atoms with E-state index < -0.39 is 0 Å². The normalized spacial score (nSPS) is 33.1. The summed E-state index contributed by atoms with van der Waals surface area (Å²) >= 11 is 0. The summed E-state index contributed by atoms with van der Waals surface area (Å²) in [6, 6.07) is 1.31. The third-order valence-corrected chi connectivity index (χ3v) is 5.06. The van der Waals surface area contributed by atoms with Crippen molar-refractivity contribution in [3.05, 3.63) is 0 Å². The molecule has 3 saturated heterocycles. The van der Waals surface area contributed by atoms with E-state index in [0.29, 0.717) is 18.1 Å². The molecule has 0 aromatic carbocycles. The number of piperidine rings is 2. The molecule has 19 heavy (non-hydrogen) atoms. The van der Waals surface area contributed by atoms with Gasteiger partial charge in [-0.1, -0.05) is 6.42 Å². The smallest absolute Gasteiger partial charge is 0.320 e. The molecule has 0 radical (unpaired) electrons. The second-order valence-corrected chi connectivity index (χ2v) is 6.48. The van der Waals surface area contributed by atoms with E-state index in [9.17, 15) is 4.79 Å². The standard InChI is InChI=1S/C15H27N3O/c1-13-11-17-10-6-3-7-14(17)12-18(13)15(19)16-8-4-2-5-9-16/h13-14H,2-12H2,1H3. The Labute approximate surface area is 116 Å². The molecule has 0 saturated carbocycles. The third-order valence-electron chi connectivity index (χ3n) is 5.06. The number of carbonyl (C=O) groups is 1. The van der Waals surface area contributed by atoms with Gasteiger partial charge in [0.05, 0.1) is 0 Å². The van der Waals surface area contributed by atoms with Crippen molar-refractivity contribution >= 4 is 6.03 Å². The van der Waals surface area contributed by atoms with Gasteiger partial charge in [-0.05, 0) is 45.6 Å². The van der Waals surface area contributed by atoms with Crippen LogP contribution in [-0.4, -0.2) is 65.5 Å². The van der Waals surface area contributed by atoms with Crippen molar-refractivity contribution < 1.29 is 4.79 Å². The van der Waals surface area contributed by atoms with Gasteiger partial charge in [0.15, 0.2) is 0 Å². The second-order valence-electron chi connectivity index (χ2n) is 6.48. The summed E-state index contributed by atoms with van der Waals surface area (Å²) in [4.78, 5) is 19.5. The number of fused-ring (bicyclic) bond motifs is 1. The fraction of sp³-hybridized carbons (Fsp3) is 0.933. The molecule has 4 heteroatoms. The SMILES string of the molecule is CC1CN2CCCCC2CN1C(=O)N1CCCCC1. The van der Waals surface area contributed by atoms with E-state index in [4.69, 9.17) is 0 Å². The van der Waals surface area contributed by atoms with Gasteiger partial charge in [-0.15, -0.1) is 0 Å². The van der Waals surface area contributed by atoms with Gasteiger partial charge in [-0.25, -0.2) is 4.79 Å². The van der Waals surface area contributed by atoms with E-state index in [0.717, 1.165) is 26.2 Å². The fourth-order valence-electron chi connectivity index (χ4n) is 3.89. The number of piperazine rings is 1. The molecular formula is C15H27N3O. The Morgan fingerprint density at radius 1 is 0.947 bits per heavy atom. The first-order chi connectivity index (χ1) is 9.25. The number of rotatable bonds is 0. The van der Waals surface area contributed by atoms with Crippen molar-refractivity contribution in [2.45, 2.75) is 57.5 Å². The van der Waals surface area contributed by atoms with E-state index in [1.165, 1.54) is 45.1 Å². The van der Waals surface area contributed by atoms with Crippen molar-refractivity contribution in [1.82, 2.24) is 14.7 Å². The van der Waals surface area contributed by atoms with Gasteiger partial charge in [-0.3, -0.25) is 4.90 Å². The monoisotopic (exact) mass is 265 g/mol. The van der Waals surface area contributed by atoms with Gasteiger partial charge in [0.1, 0.15) is 0 Å². The minimum absolute atomic E-state index is 0.303. The second kappa shape index (κ2) is 5.70. The van der Waals surface area contributed by atoms with Crippen molar-refractivity contribution in [3.63, 3.8) is 0 Å². The van der Waals surface area contributed by atoms with Crippen molar-refractivity contribution in [2.24, 2.45) is 0 Å². The zero-order valence-electron chi connectivity index (χ0n) is 12.2. The molecule has 0 N–H and O–H groups in total. The van der Waals surface area contributed by atoms with Gasteiger partial charge in [0.25, 0.3) is 0 Å². The van der Waals surface area contributed by atoms with Crippen LogP contribution in [-0.2, 0) is 0 Å². The van der Waals surface area contributed by atoms with E-state index in [1.807, 2.05) is 0 Å². The molecule has 3 aliphatic heterocycles. The zero-order chi connectivity index (χ0) is 13.2. The number of carbonyl (C=O) groups excluding carboxylic acids is 1. The maximum Gasteiger partial charge on any atom is 0.320 e. The summed E-state index contributed by atoms with van der Waals surface area (Å²) in [5.41, 5.74) is 0. The predicted octanol–water partition coefficient (Wildman–Crippen LogP) is 2.15. The molecule has 0 aromatic rings. The highest BCUT2D eigenvalue weighted by molar-refractivity contribution is 5.75. The number of hydrogen-bond acceptors (Lipinski definition) is 2. The number of likely N-dealkylation sites (tertiary alicyclic amines) is 1. The Bertz CT molecular complexity index is 327. The summed E-state index contributed by atoms with van der Waals surface area (Å²) in [5.74, 6) is 0. The molecule has 2 atom stereocenters. The van der Waals surface area contributed by atoms with Crippen LogP contribution in [0.1, 0.15) is 45.4 Å². The average molecular weight is 265 g/mol. The van der Waals surface area contributed by atoms with E-state index >= 15 is 0 Å². The predicted molar refractivity (Wildman–Crippen MR) is 76.2 cm³/mol. The van der Waals surface area contributed by atoms with Crippen LogP contribution >= 0.6 is 0 Å². The maximum absolute atomic E-state index is 12.7. The molecule has 4 nitrogen and oxygen atoms in total. The van der Waals surface area contributed by atoms with Crippen LogP contribution in [0.2, 0.25) is 0 Å². The molecule has 0 bridgehead atoms. The first-order valence-corrected chi connectivity index (χ1v) is 8.05. The summed E-state index contributed by atoms with van der Waals surface area (Å²) in [5, 5.41) is 0. The van der Waals surface area contributed by atoms with Gasteiger partial charge < -0.3 is 9.80 Å². The van der Waals surface area contributed by atoms with Crippen LogP contribution in [0.4, 0.5) is 4.79 Å². The molecule has 3 aliphatic rings. The fourth-order valence-corrected chi connectivity index (χ4v) is 3.89. The van der Waals surface area contributed by atoms with Gasteiger partial charge in [-0.2, -0.15) is 0 Å². The molecule has 0 spiro atoms. The molecule has 108 valence electrons. The van der Waals surface area contributed by atoms with Crippen LogP contribution in [0.15, 0.2) is 0 Å². The molecule has 2 amide bonds. The molecular weight excluding hydrogens is 238 g/mol. The zero-order valence-corrected chi connectivity index (χ0v) is 12.2. The Hall–Kier alpha value is -0.770.